The number of fused-ring (bicyclic) bond motifs is 6. The maximum Gasteiger partial charge on any atom is 0.173 e. The minimum Gasteiger partial charge on any atom is -0.342 e. The zero-order valence-corrected chi connectivity index (χ0v) is 18.4. The molecule has 0 amide bonds. The topological polar surface area (TPSA) is 18.5 Å². The Labute approximate surface area is 183 Å². The monoisotopic (exact) mass is 435 g/mol. The van der Waals surface area contributed by atoms with Crippen molar-refractivity contribution in [2.24, 2.45) is 11.8 Å². The smallest absolute Gasteiger partial charge is 0.173 e. The summed E-state index contributed by atoms with van der Waals surface area (Å²) in [7, 11) is 0. The van der Waals surface area contributed by atoms with E-state index < -0.39 is 0 Å². The van der Waals surface area contributed by atoms with Crippen LogP contribution in [0.15, 0.2) is 29.8 Å². The molecule has 3 saturated heterocycles. The highest BCUT2D eigenvalue weighted by Gasteiger charge is 2.46. The molecule has 3 nitrogen and oxygen atoms in total. The van der Waals surface area contributed by atoms with Gasteiger partial charge in [-0.25, -0.2) is 0 Å². The van der Waals surface area contributed by atoms with E-state index in [1.165, 1.54) is 51.6 Å². The molecule has 0 unspecified atom stereocenters. The Morgan fingerprint density at radius 3 is 2.71 bits per heavy atom. The molecule has 1 aromatic carbocycles. The van der Waals surface area contributed by atoms with Gasteiger partial charge in [0, 0.05) is 34.9 Å². The molecular formula is C22H27Cl2N3S. The predicted octanol–water partition coefficient (Wildman–Crippen LogP) is 5.59. The van der Waals surface area contributed by atoms with Gasteiger partial charge in [0.2, 0.25) is 0 Å². The zero-order chi connectivity index (χ0) is 19.3. The van der Waals surface area contributed by atoms with Gasteiger partial charge < -0.3 is 10.2 Å². The zero-order valence-electron chi connectivity index (χ0n) is 16.0. The maximum absolute atomic E-state index is 6.17. The van der Waals surface area contributed by atoms with Crippen LogP contribution in [0.4, 0.5) is 5.69 Å². The van der Waals surface area contributed by atoms with Crippen LogP contribution in [0.3, 0.4) is 0 Å². The van der Waals surface area contributed by atoms with Gasteiger partial charge in [-0.1, -0.05) is 41.3 Å². The summed E-state index contributed by atoms with van der Waals surface area (Å²) in [6.07, 6.45) is 10.5. The molecule has 0 radical (unpaired) electrons. The van der Waals surface area contributed by atoms with Gasteiger partial charge >= 0.3 is 0 Å². The first-order valence-corrected chi connectivity index (χ1v) is 11.7. The predicted molar refractivity (Wildman–Crippen MR) is 121 cm³/mol. The Kier molecular flexibility index (Phi) is 5.33. The molecule has 1 N–H and O–H groups in total. The second-order valence-electron chi connectivity index (χ2n) is 8.79. The van der Waals surface area contributed by atoms with Crippen molar-refractivity contribution in [1.29, 1.82) is 0 Å². The van der Waals surface area contributed by atoms with Gasteiger partial charge in [0.15, 0.2) is 5.11 Å². The number of nitrogens with zero attached hydrogens (tertiary/aromatic N) is 2. The number of halogens is 2. The van der Waals surface area contributed by atoms with Gasteiger partial charge in [0.05, 0.1) is 6.04 Å². The van der Waals surface area contributed by atoms with Crippen molar-refractivity contribution in [1.82, 2.24) is 9.80 Å². The second-order valence-corrected chi connectivity index (χ2v) is 10.0. The minimum absolute atomic E-state index is 0.447. The van der Waals surface area contributed by atoms with Crippen molar-refractivity contribution in [3.8, 4) is 0 Å². The molecule has 28 heavy (non-hydrogen) atoms. The molecule has 1 aliphatic carbocycles. The van der Waals surface area contributed by atoms with Gasteiger partial charge in [0.25, 0.3) is 0 Å². The van der Waals surface area contributed by atoms with Crippen LogP contribution in [0.1, 0.15) is 38.5 Å². The highest BCUT2D eigenvalue weighted by Crippen LogP contribution is 2.45. The van der Waals surface area contributed by atoms with Crippen LogP contribution in [-0.4, -0.2) is 46.6 Å². The van der Waals surface area contributed by atoms with Crippen LogP contribution in [0.25, 0.3) is 0 Å². The quantitative estimate of drug-likeness (QED) is 0.457. The first-order valence-electron chi connectivity index (χ1n) is 10.6. The number of hydrogen-bond donors (Lipinski definition) is 1. The Balaban J connectivity index is 1.39. The minimum atomic E-state index is 0.447. The van der Waals surface area contributed by atoms with Crippen LogP contribution in [-0.2, 0) is 0 Å². The summed E-state index contributed by atoms with van der Waals surface area (Å²) in [5.74, 6) is 1.43. The largest absolute Gasteiger partial charge is 0.342 e. The van der Waals surface area contributed by atoms with Crippen LogP contribution < -0.4 is 5.32 Å². The third-order valence-electron chi connectivity index (χ3n) is 7.03. The van der Waals surface area contributed by atoms with Crippen molar-refractivity contribution < 1.29 is 0 Å². The first kappa shape index (κ1) is 19.2. The number of thiocarbonyl (C=S) groups is 1. The second kappa shape index (κ2) is 7.79. The molecule has 0 saturated carbocycles. The van der Waals surface area contributed by atoms with Gasteiger partial charge in [-0.05, 0) is 80.9 Å². The highest BCUT2D eigenvalue weighted by atomic mass is 35.5. The lowest BCUT2D eigenvalue weighted by atomic mass is 9.68. The third kappa shape index (κ3) is 3.58. The first-order chi connectivity index (χ1) is 13.6. The number of piperidine rings is 3. The van der Waals surface area contributed by atoms with E-state index in [1.54, 1.807) is 11.6 Å². The van der Waals surface area contributed by atoms with Crippen LogP contribution in [0, 0.1) is 11.8 Å². The molecule has 4 aliphatic rings. The average molecular weight is 436 g/mol. The van der Waals surface area contributed by atoms with Gasteiger partial charge in [-0.15, -0.1) is 0 Å². The van der Waals surface area contributed by atoms with E-state index in [0.717, 1.165) is 29.3 Å². The number of rotatable bonds is 1. The fourth-order valence-corrected chi connectivity index (χ4v) is 6.87. The van der Waals surface area contributed by atoms with E-state index in [1.807, 2.05) is 12.1 Å². The van der Waals surface area contributed by atoms with Crippen molar-refractivity contribution in [3.05, 3.63) is 39.9 Å². The van der Waals surface area contributed by atoms with Crippen molar-refractivity contribution in [2.45, 2.75) is 50.6 Å². The van der Waals surface area contributed by atoms with E-state index in [4.69, 9.17) is 35.4 Å². The molecule has 4 atom stereocenters. The van der Waals surface area contributed by atoms with Crippen LogP contribution >= 0.6 is 35.4 Å². The number of likely N-dealkylation sites (tertiary alicyclic amines) is 1. The molecule has 2 bridgehead atoms. The van der Waals surface area contributed by atoms with Gasteiger partial charge in [-0.3, -0.25) is 4.90 Å². The van der Waals surface area contributed by atoms with E-state index in [0.29, 0.717) is 22.0 Å². The third-order valence-corrected chi connectivity index (χ3v) is 7.80. The summed E-state index contributed by atoms with van der Waals surface area (Å²) in [6, 6.07) is 6.75. The molecule has 3 heterocycles. The highest BCUT2D eigenvalue weighted by molar-refractivity contribution is 7.80. The fraction of sp³-hybridized carbons (Fsp3) is 0.591. The Hall–Kier alpha value is -0.810. The van der Waals surface area contributed by atoms with Crippen LogP contribution in [0.5, 0.6) is 0 Å². The Morgan fingerprint density at radius 2 is 1.89 bits per heavy atom. The SMILES string of the molecule is S=C(Nc1cc(Cl)cc(Cl)c1)N1CCCC2=C[C@H]3C[C@H](CN4CCCC[C@H]34)[C@@H]21. The number of benzene rings is 1. The maximum atomic E-state index is 6.17. The molecule has 3 fully saturated rings. The lowest BCUT2D eigenvalue weighted by molar-refractivity contribution is 0.0132. The van der Waals surface area contributed by atoms with Crippen molar-refractivity contribution >= 4 is 46.2 Å². The van der Waals surface area contributed by atoms with E-state index in [9.17, 15) is 0 Å². The van der Waals surface area contributed by atoms with E-state index in [2.05, 4.69) is 21.2 Å². The number of anilines is 1. The molecule has 0 aromatic heterocycles. The lowest BCUT2D eigenvalue weighted by Gasteiger charge is -2.55. The van der Waals surface area contributed by atoms with Crippen LogP contribution in [0.2, 0.25) is 10.0 Å². The molecule has 3 aliphatic heterocycles. The lowest BCUT2D eigenvalue weighted by Crippen LogP contribution is -2.60. The molecule has 1 aromatic rings. The number of nitrogens with one attached hydrogen (secondary N) is 1. The van der Waals surface area contributed by atoms with E-state index >= 15 is 0 Å². The molecule has 5 rings (SSSR count). The summed E-state index contributed by atoms with van der Waals surface area (Å²) in [5, 5.41) is 5.46. The van der Waals surface area contributed by atoms with Gasteiger partial charge in [0.1, 0.15) is 0 Å². The Bertz CT molecular complexity index is 791. The van der Waals surface area contributed by atoms with E-state index in [-0.39, 0.29) is 0 Å². The standard InChI is InChI=1S/C22H27Cl2N3S/c23-17-10-18(24)12-19(11-17)25-22(28)27-7-3-4-14-8-15-9-16(21(14)27)13-26-6-2-1-5-20(15)26/h8,10-12,15-16,20-21H,1-7,9,13H2,(H,25,28)/t15-,16+,20+,21+/m0/s1. The summed E-state index contributed by atoms with van der Waals surface area (Å²) in [4.78, 5) is 5.21. The molecule has 0 spiro atoms. The number of hydrogen-bond acceptors (Lipinski definition) is 2. The fourth-order valence-electron chi connectivity index (χ4n) is 6.02. The summed E-state index contributed by atoms with van der Waals surface area (Å²) in [6.45, 7) is 3.52. The van der Waals surface area contributed by atoms with Crippen molar-refractivity contribution in [3.63, 3.8) is 0 Å². The molecule has 6 heteroatoms. The molecule has 150 valence electrons. The Morgan fingerprint density at radius 1 is 1.07 bits per heavy atom. The van der Waals surface area contributed by atoms with Gasteiger partial charge in [-0.2, -0.15) is 0 Å². The van der Waals surface area contributed by atoms with Crippen molar-refractivity contribution in [2.75, 3.05) is 25.0 Å². The molecular weight excluding hydrogens is 409 g/mol. The summed E-state index contributed by atoms with van der Waals surface area (Å²) >= 11 is 18.2. The summed E-state index contributed by atoms with van der Waals surface area (Å²) < 4.78 is 0. The normalized spacial score (nSPS) is 32.2. The summed E-state index contributed by atoms with van der Waals surface area (Å²) in [5.41, 5.74) is 2.50. The average Bonchev–Trinajstić information content (AvgIpc) is 2.67.